The van der Waals surface area contributed by atoms with E-state index in [9.17, 15) is 9.59 Å². The predicted molar refractivity (Wildman–Crippen MR) is 87.8 cm³/mol. The molecule has 1 unspecified atom stereocenters. The number of hydrogen-bond acceptors (Lipinski definition) is 5. The third kappa shape index (κ3) is 3.11. The zero-order valence-electron chi connectivity index (χ0n) is 14.2. The lowest BCUT2D eigenvalue weighted by atomic mass is 9.75. The molecule has 0 bridgehead atoms. The fourth-order valence-corrected chi connectivity index (χ4v) is 3.32. The van der Waals surface area contributed by atoms with Gasteiger partial charge in [0.05, 0.1) is 24.3 Å². The van der Waals surface area contributed by atoms with Crippen molar-refractivity contribution < 1.29 is 18.8 Å². The van der Waals surface area contributed by atoms with Gasteiger partial charge in [-0.05, 0) is 11.0 Å². The Labute approximate surface area is 141 Å². The van der Waals surface area contributed by atoms with Gasteiger partial charge in [0, 0.05) is 19.3 Å². The third-order valence-corrected chi connectivity index (χ3v) is 4.48. The van der Waals surface area contributed by atoms with Crippen molar-refractivity contribution >= 4 is 11.8 Å². The number of rotatable bonds is 4. The maximum absolute atomic E-state index is 12.5. The molecule has 126 valence electrons. The molecule has 0 aliphatic heterocycles. The molecule has 0 N–H and O–H groups in total. The molecule has 1 aliphatic rings. The number of nitrogens with zero attached hydrogens (tertiary/aromatic N) is 1. The van der Waals surface area contributed by atoms with E-state index in [1.165, 1.54) is 7.11 Å². The number of carbonyl (C=O) groups is 2. The lowest BCUT2D eigenvalue weighted by Gasteiger charge is -2.26. The van der Waals surface area contributed by atoms with Gasteiger partial charge < -0.3 is 9.26 Å². The van der Waals surface area contributed by atoms with Crippen LogP contribution in [0.4, 0.5) is 0 Å². The van der Waals surface area contributed by atoms with E-state index >= 15 is 0 Å². The van der Waals surface area contributed by atoms with E-state index in [4.69, 9.17) is 9.26 Å². The van der Waals surface area contributed by atoms with Crippen LogP contribution in [0.25, 0.3) is 0 Å². The molecule has 1 aromatic heterocycles. The number of methoxy groups -OCH3 is 1. The molecule has 0 saturated carbocycles. The smallest absolute Gasteiger partial charge is 0.313 e. The summed E-state index contributed by atoms with van der Waals surface area (Å²) in [6.45, 7) is 4.08. The number of aromatic nitrogens is 1. The second-order valence-electron chi connectivity index (χ2n) is 7.06. The number of Topliss-reactive ketones (excluding diaryl/α,β-unsaturated/α-hetero) is 1. The molecular formula is C19H21NO4. The minimum Gasteiger partial charge on any atom is -0.469 e. The van der Waals surface area contributed by atoms with Crippen LogP contribution < -0.4 is 0 Å². The van der Waals surface area contributed by atoms with E-state index in [1.807, 2.05) is 44.2 Å². The number of hydrogen-bond donors (Lipinski definition) is 0. The van der Waals surface area contributed by atoms with Gasteiger partial charge in [0.15, 0.2) is 5.78 Å². The van der Waals surface area contributed by atoms with Gasteiger partial charge in [0.2, 0.25) is 0 Å². The molecule has 0 radical (unpaired) electrons. The first-order valence-electron chi connectivity index (χ1n) is 8.04. The van der Waals surface area contributed by atoms with Crippen LogP contribution in [0.15, 0.2) is 34.9 Å². The molecule has 0 amide bonds. The zero-order chi connectivity index (χ0) is 17.3. The van der Waals surface area contributed by atoms with Crippen molar-refractivity contribution in [3.63, 3.8) is 0 Å². The Morgan fingerprint density at radius 3 is 2.67 bits per heavy atom. The number of carbonyl (C=O) groups excluding carboxylic acids is 2. The topological polar surface area (TPSA) is 69.4 Å². The molecule has 0 spiro atoms. The average molecular weight is 327 g/mol. The Bertz CT molecular complexity index is 761. The van der Waals surface area contributed by atoms with Gasteiger partial charge in [0.1, 0.15) is 5.76 Å². The van der Waals surface area contributed by atoms with E-state index in [2.05, 4.69) is 5.16 Å². The molecule has 1 aliphatic carbocycles. The van der Waals surface area contributed by atoms with Crippen molar-refractivity contribution in [1.29, 1.82) is 0 Å². The van der Waals surface area contributed by atoms with Crippen LogP contribution in [-0.4, -0.2) is 24.0 Å². The number of ether oxygens (including phenoxy) is 1. The van der Waals surface area contributed by atoms with Crippen molar-refractivity contribution in [1.82, 2.24) is 5.16 Å². The van der Waals surface area contributed by atoms with Gasteiger partial charge in [-0.25, -0.2) is 0 Å². The zero-order valence-corrected chi connectivity index (χ0v) is 14.2. The monoisotopic (exact) mass is 327 g/mol. The summed E-state index contributed by atoms with van der Waals surface area (Å²) in [5, 5.41) is 4.09. The van der Waals surface area contributed by atoms with Crippen LogP contribution in [0.2, 0.25) is 0 Å². The highest BCUT2D eigenvalue weighted by Crippen LogP contribution is 2.37. The second-order valence-corrected chi connectivity index (χ2v) is 7.06. The highest BCUT2D eigenvalue weighted by atomic mass is 16.5. The molecule has 2 aromatic rings. The first-order chi connectivity index (χ1) is 11.4. The second kappa shape index (κ2) is 6.23. The predicted octanol–water partition coefficient (Wildman–Crippen LogP) is 3.33. The molecule has 1 atom stereocenters. The van der Waals surface area contributed by atoms with Crippen molar-refractivity contribution in [3.05, 3.63) is 52.9 Å². The van der Waals surface area contributed by atoms with Crippen molar-refractivity contribution in [3.8, 4) is 0 Å². The maximum atomic E-state index is 12.5. The van der Waals surface area contributed by atoms with Crippen LogP contribution >= 0.6 is 0 Å². The molecule has 0 saturated heterocycles. The molecule has 5 nitrogen and oxygen atoms in total. The SMILES string of the molecule is COC(=O)C(Cc1noc2c1C(=O)CC(C)(C)C2)c1ccccc1. The molecule has 0 fully saturated rings. The molecule has 1 heterocycles. The van der Waals surface area contributed by atoms with Crippen LogP contribution in [0.3, 0.4) is 0 Å². The molecule has 5 heteroatoms. The van der Waals surface area contributed by atoms with Crippen molar-refractivity contribution in [2.45, 2.75) is 39.0 Å². The lowest BCUT2D eigenvalue weighted by molar-refractivity contribution is -0.142. The Morgan fingerprint density at radius 1 is 1.29 bits per heavy atom. The number of fused-ring (bicyclic) bond motifs is 1. The summed E-state index contributed by atoms with van der Waals surface area (Å²) in [4.78, 5) is 24.8. The summed E-state index contributed by atoms with van der Waals surface area (Å²) in [6, 6.07) is 9.38. The van der Waals surface area contributed by atoms with Gasteiger partial charge in [-0.2, -0.15) is 0 Å². The number of esters is 1. The minimum atomic E-state index is -0.506. The molecule has 24 heavy (non-hydrogen) atoms. The van der Waals surface area contributed by atoms with Gasteiger partial charge in [-0.15, -0.1) is 0 Å². The first-order valence-corrected chi connectivity index (χ1v) is 8.04. The van der Waals surface area contributed by atoms with Crippen molar-refractivity contribution in [2.24, 2.45) is 5.41 Å². The first kappa shape index (κ1) is 16.4. The van der Waals surface area contributed by atoms with Crippen LogP contribution in [0.5, 0.6) is 0 Å². The van der Waals surface area contributed by atoms with E-state index in [1.54, 1.807) is 0 Å². The molecule has 3 rings (SSSR count). The standard InChI is InChI=1S/C19H21NO4/c1-19(2)10-15(21)17-14(20-24-16(17)11-19)9-13(18(22)23-3)12-7-5-4-6-8-12/h4-8,13H,9-11H2,1-3H3. The summed E-state index contributed by atoms with van der Waals surface area (Å²) in [5.41, 5.74) is 1.82. The Balaban J connectivity index is 1.94. The normalized spacial score (nSPS) is 17.2. The number of ketones is 1. The highest BCUT2D eigenvalue weighted by molar-refractivity contribution is 5.99. The Kier molecular flexibility index (Phi) is 4.26. The summed E-state index contributed by atoms with van der Waals surface area (Å²) >= 11 is 0. The van der Waals surface area contributed by atoms with E-state index in [-0.39, 0.29) is 17.2 Å². The third-order valence-electron chi connectivity index (χ3n) is 4.48. The maximum Gasteiger partial charge on any atom is 0.313 e. The summed E-state index contributed by atoms with van der Waals surface area (Å²) in [5.74, 6) is -0.188. The molecule has 1 aromatic carbocycles. The Morgan fingerprint density at radius 2 is 2.00 bits per heavy atom. The van der Waals surface area contributed by atoms with Gasteiger partial charge in [0.25, 0.3) is 0 Å². The largest absolute Gasteiger partial charge is 0.469 e. The fraction of sp³-hybridized carbons (Fsp3) is 0.421. The molecular weight excluding hydrogens is 306 g/mol. The van der Waals surface area contributed by atoms with E-state index < -0.39 is 5.92 Å². The van der Waals surface area contributed by atoms with Gasteiger partial charge in [-0.1, -0.05) is 49.3 Å². The van der Waals surface area contributed by atoms with Crippen LogP contribution in [0, 0.1) is 5.41 Å². The van der Waals surface area contributed by atoms with Crippen molar-refractivity contribution in [2.75, 3.05) is 7.11 Å². The van der Waals surface area contributed by atoms with E-state index in [0.29, 0.717) is 36.3 Å². The van der Waals surface area contributed by atoms with Crippen LogP contribution in [-0.2, 0) is 22.4 Å². The highest BCUT2D eigenvalue weighted by Gasteiger charge is 2.37. The summed E-state index contributed by atoms with van der Waals surface area (Å²) < 4.78 is 10.4. The van der Waals surface area contributed by atoms with Crippen LogP contribution in [0.1, 0.15) is 53.6 Å². The van der Waals surface area contributed by atoms with E-state index in [0.717, 1.165) is 5.56 Å². The fourth-order valence-electron chi connectivity index (χ4n) is 3.32. The minimum absolute atomic E-state index is 0.0363. The summed E-state index contributed by atoms with van der Waals surface area (Å²) in [7, 11) is 1.37. The quantitative estimate of drug-likeness (QED) is 0.806. The summed E-state index contributed by atoms with van der Waals surface area (Å²) in [6.07, 6.45) is 1.43. The van der Waals surface area contributed by atoms with Gasteiger partial charge in [-0.3, -0.25) is 9.59 Å². The number of benzene rings is 1. The lowest BCUT2D eigenvalue weighted by Crippen LogP contribution is -2.27. The Hall–Kier alpha value is -2.43. The van der Waals surface area contributed by atoms with Gasteiger partial charge >= 0.3 is 5.97 Å². The average Bonchev–Trinajstić information content (AvgIpc) is 2.94.